The van der Waals surface area contributed by atoms with Gasteiger partial charge in [0.25, 0.3) is 0 Å². The molecule has 42 heavy (non-hydrogen) atoms. The summed E-state index contributed by atoms with van der Waals surface area (Å²) in [5.41, 5.74) is 0.201. The Hall–Kier alpha value is -0.240. The van der Waals surface area contributed by atoms with Gasteiger partial charge in [-0.3, -0.25) is 0 Å². The van der Waals surface area contributed by atoms with Gasteiger partial charge in [0.2, 0.25) is 0 Å². The van der Waals surface area contributed by atoms with Crippen molar-refractivity contribution >= 4 is 0 Å². The van der Waals surface area contributed by atoms with Gasteiger partial charge in [0.05, 0.1) is 48.3 Å². The molecule has 6 nitrogen and oxygen atoms in total. The number of hydrogen-bond acceptors (Lipinski definition) is 6. The van der Waals surface area contributed by atoms with Gasteiger partial charge in [-0.1, -0.05) is 34.6 Å². The molecule has 260 valence electrons. The highest BCUT2D eigenvalue weighted by Gasteiger charge is 2.15. The van der Waals surface area contributed by atoms with Gasteiger partial charge in [0.15, 0.2) is 0 Å². The highest BCUT2D eigenvalue weighted by Crippen LogP contribution is 2.19. The third-order valence-corrected chi connectivity index (χ3v) is 4.73. The first-order chi connectivity index (χ1) is 18.7. The first kappa shape index (κ1) is 48.7. The van der Waals surface area contributed by atoms with Crippen molar-refractivity contribution in [3.63, 3.8) is 0 Å². The summed E-state index contributed by atoms with van der Waals surface area (Å²) in [7, 11) is 0. The molecule has 0 heterocycles. The third kappa shape index (κ3) is 67.4. The van der Waals surface area contributed by atoms with E-state index in [9.17, 15) is 0 Å². The van der Waals surface area contributed by atoms with E-state index in [2.05, 4.69) is 69.2 Å². The lowest BCUT2D eigenvalue weighted by Gasteiger charge is -2.24. The highest BCUT2D eigenvalue weighted by atomic mass is 16.7. The van der Waals surface area contributed by atoms with Gasteiger partial charge in [-0.05, 0) is 134 Å². The van der Waals surface area contributed by atoms with Crippen molar-refractivity contribution in [1.82, 2.24) is 0 Å². The molecule has 0 N–H and O–H groups in total. The van der Waals surface area contributed by atoms with Crippen molar-refractivity contribution in [3.8, 4) is 0 Å². The van der Waals surface area contributed by atoms with Crippen molar-refractivity contribution in [2.75, 3.05) is 33.2 Å². The normalized spacial score (nSPS) is 12.6. The Morgan fingerprint density at radius 2 is 0.762 bits per heavy atom. The van der Waals surface area contributed by atoms with Crippen LogP contribution in [0.3, 0.4) is 0 Å². The minimum absolute atomic E-state index is 0.0191. The van der Waals surface area contributed by atoms with Crippen LogP contribution in [0.1, 0.15) is 158 Å². The van der Waals surface area contributed by atoms with Crippen molar-refractivity contribution in [1.29, 1.82) is 0 Å². The fourth-order valence-corrected chi connectivity index (χ4v) is 2.42. The lowest BCUT2D eigenvalue weighted by atomic mass is 9.93. The van der Waals surface area contributed by atoms with E-state index in [-0.39, 0.29) is 16.8 Å². The lowest BCUT2D eigenvalue weighted by Crippen LogP contribution is -2.26. The summed E-state index contributed by atoms with van der Waals surface area (Å²) < 4.78 is 32.3. The third-order valence-electron chi connectivity index (χ3n) is 4.73. The average molecular weight is 609 g/mol. The fourth-order valence-electron chi connectivity index (χ4n) is 2.42. The Morgan fingerprint density at radius 3 is 1.02 bits per heavy atom. The summed E-state index contributed by atoms with van der Waals surface area (Å²) in [5, 5.41) is 0. The number of rotatable bonds is 14. The molecule has 0 aromatic carbocycles. The molecular weight excluding hydrogens is 528 g/mol. The zero-order valence-electron chi connectivity index (χ0n) is 32.4. The minimum atomic E-state index is -0.106. The van der Waals surface area contributed by atoms with E-state index in [4.69, 9.17) is 28.4 Å². The molecule has 0 unspecified atom stereocenters. The van der Waals surface area contributed by atoms with Crippen LogP contribution in [0.4, 0.5) is 0 Å². The maximum absolute atomic E-state index is 5.61. The molecule has 0 aromatic rings. The Kier molecular flexibility index (Phi) is 30.1. The van der Waals surface area contributed by atoms with Crippen molar-refractivity contribution in [3.05, 3.63) is 0 Å². The molecule has 0 amide bonds. The van der Waals surface area contributed by atoms with Crippen molar-refractivity contribution < 1.29 is 28.4 Å². The molecule has 0 aromatic heterocycles. The molecule has 0 saturated carbocycles. The predicted octanol–water partition coefficient (Wildman–Crippen LogP) is 10.5. The van der Waals surface area contributed by atoms with Gasteiger partial charge < -0.3 is 28.4 Å². The number of ether oxygens (including phenoxy) is 6. The van der Waals surface area contributed by atoms with Crippen molar-refractivity contribution in [2.45, 2.75) is 193 Å². The molecule has 0 aliphatic rings. The van der Waals surface area contributed by atoms with Gasteiger partial charge >= 0.3 is 0 Å². The molecule has 0 radical (unpaired) electrons. The van der Waals surface area contributed by atoms with Crippen LogP contribution in [0.15, 0.2) is 0 Å². The summed E-state index contributed by atoms with van der Waals surface area (Å²) in [6, 6.07) is 0. The van der Waals surface area contributed by atoms with Gasteiger partial charge in [0.1, 0.15) is 6.79 Å². The standard InChI is InChI=1S/C10H22O.C9H20O2.C9H20O.C8H18O2/c1-9(2,3)7-8-11-10(4,5)6;1-8(2,3)10-7-11-9(4,5)6;1-8(2)6-5-7-10-9(3)4;1-7(2)9-5-6-10-8(3)4/h7-8H2,1-6H3;7H2,1-6H3;8-9H,5-7H2,1-4H3;7-8H,5-6H2,1-4H3. The van der Waals surface area contributed by atoms with E-state index in [0.717, 1.165) is 25.6 Å². The SMILES string of the molecule is CC(C)(C)CCOC(C)(C)C.CC(C)(C)OCOC(C)(C)C.CC(C)CCCOC(C)C.CC(C)OCCOC(C)C. The van der Waals surface area contributed by atoms with E-state index in [1.54, 1.807) is 0 Å². The lowest BCUT2D eigenvalue weighted by molar-refractivity contribution is -0.163. The van der Waals surface area contributed by atoms with Gasteiger partial charge in [-0.2, -0.15) is 0 Å². The zero-order chi connectivity index (χ0) is 34.2. The second-order valence-electron chi connectivity index (χ2n) is 16.2. The molecule has 0 rings (SSSR count). The van der Waals surface area contributed by atoms with Crippen LogP contribution >= 0.6 is 0 Å². The molecule has 0 bridgehead atoms. The molecule has 0 fully saturated rings. The maximum atomic E-state index is 5.61. The Morgan fingerprint density at radius 1 is 0.429 bits per heavy atom. The molecule has 0 aliphatic carbocycles. The van der Waals surface area contributed by atoms with Crippen LogP contribution < -0.4 is 0 Å². The number of hydrogen-bond donors (Lipinski definition) is 0. The average Bonchev–Trinajstić information content (AvgIpc) is 2.71. The summed E-state index contributed by atoms with van der Waals surface area (Å²) in [4.78, 5) is 0. The second kappa shape index (κ2) is 26.0. The van der Waals surface area contributed by atoms with Crippen LogP contribution in [0.25, 0.3) is 0 Å². The van der Waals surface area contributed by atoms with Crippen LogP contribution in [0, 0.1) is 11.3 Å². The fraction of sp³-hybridized carbons (Fsp3) is 1.00. The maximum Gasteiger partial charge on any atom is 0.148 e. The van der Waals surface area contributed by atoms with Crippen LogP contribution in [0.2, 0.25) is 0 Å². The second-order valence-corrected chi connectivity index (χ2v) is 16.2. The molecule has 0 saturated heterocycles. The van der Waals surface area contributed by atoms with Gasteiger partial charge in [0, 0.05) is 13.2 Å². The van der Waals surface area contributed by atoms with Gasteiger partial charge in [-0.25, -0.2) is 0 Å². The molecule has 6 heteroatoms. The van der Waals surface area contributed by atoms with Crippen LogP contribution in [0.5, 0.6) is 0 Å². The van der Waals surface area contributed by atoms with Crippen LogP contribution in [-0.2, 0) is 28.4 Å². The van der Waals surface area contributed by atoms with E-state index in [1.807, 2.05) is 69.2 Å². The molecular formula is C36H80O6. The zero-order valence-corrected chi connectivity index (χ0v) is 32.4. The largest absolute Gasteiger partial charge is 0.379 e. The topological polar surface area (TPSA) is 55.4 Å². The smallest absolute Gasteiger partial charge is 0.148 e. The summed E-state index contributed by atoms with van der Waals surface area (Å²) in [6.45, 7) is 45.4. The first-order valence-corrected chi connectivity index (χ1v) is 16.4. The summed E-state index contributed by atoms with van der Waals surface area (Å²) >= 11 is 0. The minimum Gasteiger partial charge on any atom is -0.379 e. The van der Waals surface area contributed by atoms with E-state index < -0.39 is 0 Å². The summed E-state index contributed by atoms with van der Waals surface area (Å²) in [6.07, 6.45) is 4.64. The van der Waals surface area contributed by atoms with E-state index in [0.29, 0.717) is 43.7 Å². The van der Waals surface area contributed by atoms with Crippen LogP contribution in [-0.4, -0.2) is 68.3 Å². The van der Waals surface area contributed by atoms with E-state index >= 15 is 0 Å². The quantitative estimate of drug-likeness (QED) is 0.144. The first-order valence-electron chi connectivity index (χ1n) is 16.4. The Bertz CT molecular complexity index is 445. The monoisotopic (exact) mass is 609 g/mol. The Labute approximate surface area is 265 Å². The van der Waals surface area contributed by atoms with Crippen molar-refractivity contribution in [2.24, 2.45) is 11.3 Å². The van der Waals surface area contributed by atoms with Gasteiger partial charge in [-0.15, -0.1) is 0 Å². The highest BCUT2D eigenvalue weighted by molar-refractivity contribution is 4.64. The van der Waals surface area contributed by atoms with E-state index in [1.165, 1.54) is 12.8 Å². The predicted molar refractivity (Wildman–Crippen MR) is 184 cm³/mol. The molecule has 0 spiro atoms. The Balaban J connectivity index is -0.000000229. The molecule has 0 aliphatic heterocycles. The summed E-state index contributed by atoms with van der Waals surface area (Å²) in [5.74, 6) is 0.816. The molecule has 0 atom stereocenters.